The van der Waals surface area contributed by atoms with Crippen LogP contribution >= 0.6 is 11.8 Å². The molecule has 1 amide bonds. The minimum atomic E-state index is -0.444. The smallest absolute Gasteiger partial charge is 0.410 e. The standard InChI is InChI=1S/C19H38N4O2S/c1-6-20-17(21-11-7-8-13-26-5)22-14-16-10-9-12-23(15-16)18(24)25-19(2,3)4/h16H,6-15H2,1-5H3,(H2,20,21,22). The van der Waals surface area contributed by atoms with Crippen LogP contribution in [-0.4, -0.2) is 67.3 Å². The van der Waals surface area contributed by atoms with Crippen LogP contribution in [0.4, 0.5) is 4.79 Å². The van der Waals surface area contributed by atoms with Gasteiger partial charge in [-0.2, -0.15) is 11.8 Å². The Labute approximate surface area is 163 Å². The number of nitrogens with one attached hydrogen (secondary N) is 2. The minimum absolute atomic E-state index is 0.204. The highest BCUT2D eigenvalue weighted by Crippen LogP contribution is 2.19. The second-order valence-electron chi connectivity index (χ2n) is 7.78. The molecule has 26 heavy (non-hydrogen) atoms. The lowest BCUT2D eigenvalue weighted by atomic mass is 9.98. The van der Waals surface area contributed by atoms with Gasteiger partial charge in [0.05, 0.1) is 0 Å². The number of hydrogen-bond donors (Lipinski definition) is 2. The molecule has 0 radical (unpaired) electrons. The number of piperidine rings is 1. The molecule has 1 aliphatic heterocycles. The van der Waals surface area contributed by atoms with Gasteiger partial charge in [-0.25, -0.2) is 4.79 Å². The number of thioether (sulfide) groups is 1. The molecule has 1 fully saturated rings. The normalized spacial score (nSPS) is 18.6. The van der Waals surface area contributed by atoms with Gasteiger partial charge in [0.1, 0.15) is 5.60 Å². The molecule has 0 aromatic carbocycles. The number of carbonyl (C=O) groups excluding carboxylic acids is 1. The van der Waals surface area contributed by atoms with Gasteiger partial charge in [0.2, 0.25) is 0 Å². The number of hydrogen-bond acceptors (Lipinski definition) is 4. The number of likely N-dealkylation sites (tertiary alicyclic amines) is 1. The van der Waals surface area contributed by atoms with E-state index in [1.165, 1.54) is 12.2 Å². The van der Waals surface area contributed by atoms with E-state index < -0.39 is 5.60 Å². The van der Waals surface area contributed by atoms with Gasteiger partial charge in [-0.15, -0.1) is 0 Å². The molecular formula is C19H38N4O2S. The van der Waals surface area contributed by atoms with E-state index in [1.807, 2.05) is 37.4 Å². The largest absolute Gasteiger partial charge is 0.444 e. The third-order valence-corrected chi connectivity index (χ3v) is 4.79. The highest BCUT2D eigenvalue weighted by molar-refractivity contribution is 7.98. The zero-order valence-corrected chi connectivity index (χ0v) is 18.1. The lowest BCUT2D eigenvalue weighted by molar-refractivity contribution is 0.0170. The van der Waals surface area contributed by atoms with Gasteiger partial charge in [-0.1, -0.05) is 0 Å². The number of carbonyl (C=O) groups is 1. The van der Waals surface area contributed by atoms with Crippen molar-refractivity contribution in [3.63, 3.8) is 0 Å². The van der Waals surface area contributed by atoms with Crippen LogP contribution in [0.15, 0.2) is 4.99 Å². The molecule has 2 N–H and O–H groups in total. The number of rotatable bonds is 8. The Kier molecular flexibility index (Phi) is 10.9. The molecule has 0 aromatic rings. The summed E-state index contributed by atoms with van der Waals surface area (Å²) in [5.41, 5.74) is -0.444. The third-order valence-electron chi connectivity index (χ3n) is 4.09. The van der Waals surface area contributed by atoms with Crippen molar-refractivity contribution < 1.29 is 9.53 Å². The number of guanidine groups is 1. The molecule has 1 atom stereocenters. The van der Waals surface area contributed by atoms with Crippen molar-refractivity contribution >= 4 is 23.8 Å². The summed E-state index contributed by atoms with van der Waals surface area (Å²) in [4.78, 5) is 18.8. The summed E-state index contributed by atoms with van der Waals surface area (Å²) in [6.45, 7) is 11.8. The molecule has 1 rings (SSSR count). The summed E-state index contributed by atoms with van der Waals surface area (Å²) in [6, 6.07) is 0. The van der Waals surface area contributed by atoms with Crippen molar-refractivity contribution in [2.45, 2.75) is 59.0 Å². The maximum absolute atomic E-state index is 12.3. The lowest BCUT2D eigenvalue weighted by Gasteiger charge is -2.33. The fourth-order valence-corrected chi connectivity index (χ4v) is 3.34. The van der Waals surface area contributed by atoms with Crippen molar-refractivity contribution in [1.82, 2.24) is 15.5 Å². The van der Waals surface area contributed by atoms with Gasteiger partial charge in [0.15, 0.2) is 5.96 Å². The van der Waals surface area contributed by atoms with Crippen LogP contribution in [0.3, 0.4) is 0 Å². The Hall–Kier alpha value is -1.11. The third kappa shape index (κ3) is 10.1. The van der Waals surface area contributed by atoms with Gasteiger partial charge < -0.3 is 20.3 Å². The molecule has 0 aliphatic carbocycles. The second-order valence-corrected chi connectivity index (χ2v) is 8.77. The molecule has 1 aliphatic rings. The topological polar surface area (TPSA) is 66.0 Å². The van der Waals surface area contributed by atoms with Crippen LogP contribution < -0.4 is 10.6 Å². The Morgan fingerprint density at radius 1 is 1.31 bits per heavy atom. The fraction of sp³-hybridized carbons (Fsp3) is 0.895. The maximum Gasteiger partial charge on any atom is 0.410 e. The summed E-state index contributed by atoms with van der Waals surface area (Å²) < 4.78 is 5.50. The molecule has 0 saturated carbocycles. The van der Waals surface area contributed by atoms with E-state index in [0.29, 0.717) is 5.92 Å². The number of nitrogens with zero attached hydrogens (tertiary/aromatic N) is 2. The summed E-state index contributed by atoms with van der Waals surface area (Å²) >= 11 is 1.89. The zero-order chi connectivity index (χ0) is 19.4. The van der Waals surface area contributed by atoms with Crippen molar-refractivity contribution in [3.05, 3.63) is 0 Å². The number of unbranched alkanes of at least 4 members (excludes halogenated alkanes) is 1. The fourth-order valence-electron chi connectivity index (χ4n) is 2.85. The van der Waals surface area contributed by atoms with Crippen LogP contribution in [0.1, 0.15) is 53.4 Å². The first-order valence-corrected chi connectivity index (χ1v) is 11.2. The molecule has 0 bridgehead atoms. The predicted molar refractivity (Wildman–Crippen MR) is 112 cm³/mol. The number of ether oxygens (including phenoxy) is 1. The summed E-state index contributed by atoms with van der Waals surface area (Å²) in [5, 5.41) is 6.72. The van der Waals surface area contributed by atoms with Crippen LogP contribution in [0.2, 0.25) is 0 Å². The first-order valence-electron chi connectivity index (χ1n) is 9.84. The summed E-state index contributed by atoms with van der Waals surface area (Å²) in [6.07, 6.45) is 6.44. The zero-order valence-electron chi connectivity index (χ0n) is 17.3. The molecular weight excluding hydrogens is 348 g/mol. The average Bonchev–Trinajstić information content (AvgIpc) is 2.58. The van der Waals surface area contributed by atoms with Crippen molar-refractivity contribution in [2.24, 2.45) is 10.9 Å². The van der Waals surface area contributed by atoms with Crippen LogP contribution in [0.5, 0.6) is 0 Å². The minimum Gasteiger partial charge on any atom is -0.444 e. The van der Waals surface area contributed by atoms with Gasteiger partial charge in [-0.05, 0) is 71.3 Å². The Balaban J connectivity index is 2.45. The quantitative estimate of drug-likeness (QED) is 0.380. The highest BCUT2D eigenvalue weighted by atomic mass is 32.2. The van der Waals surface area contributed by atoms with E-state index >= 15 is 0 Å². The van der Waals surface area contributed by atoms with E-state index in [4.69, 9.17) is 9.73 Å². The predicted octanol–water partition coefficient (Wildman–Crippen LogP) is 3.33. The Bertz CT molecular complexity index is 438. The molecule has 0 aromatic heterocycles. The van der Waals surface area contributed by atoms with Gasteiger partial charge in [0, 0.05) is 32.7 Å². The van der Waals surface area contributed by atoms with Gasteiger partial charge >= 0.3 is 6.09 Å². The van der Waals surface area contributed by atoms with Gasteiger partial charge in [-0.3, -0.25) is 4.99 Å². The molecule has 152 valence electrons. The first-order chi connectivity index (χ1) is 12.4. The Morgan fingerprint density at radius 2 is 2.08 bits per heavy atom. The second kappa shape index (κ2) is 12.3. The number of amides is 1. The van der Waals surface area contributed by atoms with Crippen LogP contribution in [0, 0.1) is 5.92 Å². The highest BCUT2D eigenvalue weighted by Gasteiger charge is 2.27. The van der Waals surface area contributed by atoms with Crippen LogP contribution in [-0.2, 0) is 4.74 Å². The summed E-state index contributed by atoms with van der Waals surface area (Å²) in [7, 11) is 0. The average molecular weight is 387 g/mol. The molecule has 1 saturated heterocycles. The molecule has 0 spiro atoms. The summed E-state index contributed by atoms with van der Waals surface area (Å²) in [5.74, 6) is 2.48. The van der Waals surface area contributed by atoms with Crippen molar-refractivity contribution in [1.29, 1.82) is 0 Å². The SMILES string of the molecule is CCNC(=NCC1CCCN(C(=O)OC(C)(C)C)C1)NCCCCSC. The lowest BCUT2D eigenvalue weighted by Crippen LogP contribution is -2.44. The van der Waals surface area contributed by atoms with E-state index in [2.05, 4.69) is 23.8 Å². The Morgan fingerprint density at radius 3 is 2.73 bits per heavy atom. The molecule has 1 heterocycles. The van der Waals surface area contributed by atoms with Gasteiger partial charge in [0.25, 0.3) is 0 Å². The van der Waals surface area contributed by atoms with Crippen LogP contribution in [0.25, 0.3) is 0 Å². The van der Waals surface area contributed by atoms with Crippen molar-refractivity contribution in [3.8, 4) is 0 Å². The first kappa shape index (κ1) is 22.9. The number of aliphatic imine (C=N–C) groups is 1. The van der Waals surface area contributed by atoms with Crippen molar-refractivity contribution in [2.75, 3.05) is 44.7 Å². The van der Waals surface area contributed by atoms with E-state index in [1.54, 1.807) is 0 Å². The molecule has 7 heteroatoms. The van der Waals surface area contributed by atoms with E-state index in [9.17, 15) is 4.79 Å². The molecule has 6 nitrogen and oxygen atoms in total. The van der Waals surface area contributed by atoms with E-state index in [-0.39, 0.29) is 6.09 Å². The molecule has 1 unspecified atom stereocenters. The monoisotopic (exact) mass is 386 g/mol. The van der Waals surface area contributed by atoms with E-state index in [0.717, 1.165) is 57.9 Å². The maximum atomic E-state index is 12.3.